The van der Waals surface area contributed by atoms with Gasteiger partial charge in [-0.25, -0.2) is 0 Å². The molecule has 0 unspecified atom stereocenters. The van der Waals surface area contributed by atoms with Crippen LogP contribution in [0.15, 0.2) is 36.4 Å². The van der Waals surface area contributed by atoms with Crippen molar-refractivity contribution in [1.29, 1.82) is 0 Å². The van der Waals surface area contributed by atoms with Crippen LogP contribution in [-0.2, 0) is 24.0 Å². The fourth-order valence-corrected chi connectivity index (χ4v) is 5.53. The zero-order valence-electron chi connectivity index (χ0n) is 18.2. The molecule has 0 spiro atoms. The van der Waals surface area contributed by atoms with Crippen LogP contribution in [0, 0.1) is 0 Å². The molecule has 0 amide bonds. The Morgan fingerprint density at radius 3 is 2.61 bits per heavy atom. The molecule has 7 heteroatoms. The number of rotatable bonds is 6. The summed E-state index contributed by atoms with van der Waals surface area (Å²) in [4.78, 5) is 14.5. The highest BCUT2D eigenvalue weighted by molar-refractivity contribution is 5.87. The number of aliphatic carboxylic acids is 1. The second-order valence-corrected chi connectivity index (χ2v) is 9.25. The minimum Gasteiger partial charge on any atom is -0.489 e. The Bertz CT molecular complexity index is 1190. The summed E-state index contributed by atoms with van der Waals surface area (Å²) in [6, 6.07) is 10.2. The molecule has 2 aliphatic carbocycles. The van der Waals surface area contributed by atoms with Gasteiger partial charge >= 0.3 is 12.1 Å². The van der Waals surface area contributed by atoms with Crippen molar-refractivity contribution in [3.05, 3.63) is 64.3 Å². The van der Waals surface area contributed by atoms with Crippen LogP contribution in [0.4, 0.5) is 13.2 Å². The van der Waals surface area contributed by atoms with E-state index in [9.17, 15) is 18.0 Å². The van der Waals surface area contributed by atoms with E-state index in [0.717, 1.165) is 60.7 Å². The summed E-state index contributed by atoms with van der Waals surface area (Å²) in [7, 11) is 0. The van der Waals surface area contributed by atoms with E-state index in [1.54, 1.807) is 18.2 Å². The maximum absolute atomic E-state index is 13.7. The smallest absolute Gasteiger partial charge is 0.416 e. The number of carbonyl (C=O) groups is 1. The highest BCUT2D eigenvalue weighted by atomic mass is 19.4. The lowest BCUT2D eigenvalue weighted by molar-refractivity contribution is -0.139. The van der Waals surface area contributed by atoms with E-state index in [1.165, 1.54) is 6.07 Å². The predicted molar refractivity (Wildman–Crippen MR) is 119 cm³/mol. The molecule has 1 saturated carbocycles. The number of carboxylic acids is 1. The van der Waals surface area contributed by atoms with Gasteiger partial charge in [-0.3, -0.25) is 4.79 Å². The lowest BCUT2D eigenvalue weighted by Crippen LogP contribution is -2.12. The quantitative estimate of drug-likeness (QED) is 0.422. The van der Waals surface area contributed by atoms with Gasteiger partial charge in [0.1, 0.15) is 12.4 Å². The fraction of sp³-hybridized carbons (Fsp3) is 0.423. The summed E-state index contributed by atoms with van der Waals surface area (Å²) < 4.78 is 47.1. The van der Waals surface area contributed by atoms with E-state index in [0.29, 0.717) is 16.9 Å². The van der Waals surface area contributed by atoms with Gasteiger partial charge in [-0.1, -0.05) is 25.0 Å². The molecule has 1 fully saturated rings. The van der Waals surface area contributed by atoms with Crippen LogP contribution in [0.1, 0.15) is 78.3 Å². The minimum absolute atomic E-state index is 0.0142. The van der Waals surface area contributed by atoms with Crippen LogP contribution < -0.4 is 4.74 Å². The number of fused-ring (bicyclic) bond motifs is 3. The number of hydrogen-bond donors (Lipinski definition) is 2. The summed E-state index contributed by atoms with van der Waals surface area (Å²) in [5, 5.41) is 10.1. The first kappa shape index (κ1) is 21.9. The first-order valence-corrected chi connectivity index (χ1v) is 11.5. The van der Waals surface area contributed by atoms with Gasteiger partial charge in [0.05, 0.1) is 12.0 Å². The molecular weight excluding hydrogens is 431 g/mol. The van der Waals surface area contributed by atoms with Crippen LogP contribution in [0.3, 0.4) is 0 Å². The summed E-state index contributed by atoms with van der Waals surface area (Å²) in [6.07, 6.45) is 0.897. The molecule has 5 rings (SSSR count). The molecule has 3 aromatic rings. The molecule has 174 valence electrons. The lowest BCUT2D eigenvalue weighted by atomic mass is 9.91. The Labute approximate surface area is 189 Å². The number of H-pyrrole nitrogens is 1. The SMILES string of the molecule is O=C(O)C[C@@H]1CCc2c1[nH]c1ccc(OCc3ccc(C4CCCC4)c(C(F)(F)F)c3)cc21. The molecule has 1 aromatic heterocycles. The molecule has 2 N–H and O–H groups in total. The van der Waals surface area contributed by atoms with Crippen LogP contribution in [-0.4, -0.2) is 16.1 Å². The van der Waals surface area contributed by atoms with Gasteiger partial charge in [0, 0.05) is 22.5 Å². The van der Waals surface area contributed by atoms with E-state index in [2.05, 4.69) is 4.98 Å². The molecule has 0 aliphatic heterocycles. The van der Waals surface area contributed by atoms with E-state index in [4.69, 9.17) is 9.84 Å². The van der Waals surface area contributed by atoms with Gasteiger partial charge in [0.2, 0.25) is 0 Å². The molecule has 33 heavy (non-hydrogen) atoms. The molecule has 0 radical (unpaired) electrons. The summed E-state index contributed by atoms with van der Waals surface area (Å²) in [6.45, 7) is 0.0494. The Balaban J connectivity index is 1.36. The maximum atomic E-state index is 13.7. The molecule has 0 bridgehead atoms. The van der Waals surface area contributed by atoms with Gasteiger partial charge in [0.15, 0.2) is 0 Å². The van der Waals surface area contributed by atoms with Crippen molar-refractivity contribution in [2.45, 2.75) is 69.6 Å². The lowest BCUT2D eigenvalue weighted by Gasteiger charge is -2.19. The van der Waals surface area contributed by atoms with Crippen LogP contribution in [0.2, 0.25) is 0 Å². The van der Waals surface area contributed by atoms with E-state index in [-0.39, 0.29) is 24.9 Å². The Kier molecular flexibility index (Phi) is 5.59. The first-order chi connectivity index (χ1) is 15.8. The van der Waals surface area contributed by atoms with Crippen molar-refractivity contribution >= 4 is 16.9 Å². The van der Waals surface area contributed by atoms with Crippen molar-refractivity contribution in [1.82, 2.24) is 4.98 Å². The molecule has 1 atom stereocenters. The third-order valence-electron chi connectivity index (χ3n) is 7.11. The molecule has 4 nitrogen and oxygen atoms in total. The van der Waals surface area contributed by atoms with Crippen molar-refractivity contribution in [3.63, 3.8) is 0 Å². The minimum atomic E-state index is -4.38. The number of aromatic amines is 1. The number of aromatic nitrogens is 1. The van der Waals surface area contributed by atoms with Gasteiger partial charge < -0.3 is 14.8 Å². The number of nitrogens with one attached hydrogen (secondary N) is 1. The summed E-state index contributed by atoms with van der Waals surface area (Å²) in [5.41, 5.74) is 3.36. The zero-order chi connectivity index (χ0) is 23.2. The van der Waals surface area contributed by atoms with Gasteiger partial charge in [-0.15, -0.1) is 0 Å². The fourth-order valence-electron chi connectivity index (χ4n) is 5.53. The third kappa shape index (κ3) is 4.33. The van der Waals surface area contributed by atoms with Crippen molar-refractivity contribution in [2.24, 2.45) is 0 Å². The Morgan fingerprint density at radius 2 is 1.88 bits per heavy atom. The number of hydrogen-bond acceptors (Lipinski definition) is 2. The van der Waals surface area contributed by atoms with Gasteiger partial charge in [-0.2, -0.15) is 13.2 Å². The normalized spacial score (nSPS) is 18.7. The highest BCUT2D eigenvalue weighted by Crippen LogP contribution is 2.43. The number of ether oxygens (including phenoxy) is 1. The Hall–Kier alpha value is -2.96. The standard InChI is InChI=1S/C26H26F3NO3/c27-26(28,29)22-11-15(5-8-19(22)16-3-1-2-4-16)14-33-18-7-10-23-21(13-18)20-9-6-17(12-24(31)32)25(20)30-23/h5,7-8,10-11,13,16-17,30H,1-4,6,9,12,14H2,(H,31,32)/t17-/m0/s1. The van der Waals surface area contributed by atoms with Crippen molar-refractivity contribution in [3.8, 4) is 5.75 Å². The average Bonchev–Trinajstić information content (AvgIpc) is 3.49. The predicted octanol–water partition coefficient (Wildman–Crippen LogP) is 6.93. The Morgan fingerprint density at radius 1 is 1.09 bits per heavy atom. The molecular formula is C26H26F3NO3. The van der Waals surface area contributed by atoms with E-state index >= 15 is 0 Å². The monoisotopic (exact) mass is 457 g/mol. The molecule has 1 heterocycles. The average molecular weight is 457 g/mol. The molecule has 0 saturated heterocycles. The number of alkyl halides is 3. The summed E-state index contributed by atoms with van der Waals surface area (Å²) >= 11 is 0. The van der Waals surface area contributed by atoms with Crippen LogP contribution >= 0.6 is 0 Å². The number of benzene rings is 2. The van der Waals surface area contributed by atoms with E-state index in [1.807, 2.05) is 12.1 Å². The van der Waals surface area contributed by atoms with Crippen molar-refractivity contribution < 1.29 is 27.8 Å². The second-order valence-electron chi connectivity index (χ2n) is 9.25. The topological polar surface area (TPSA) is 62.3 Å². The number of carboxylic acid groups (broad SMARTS) is 1. The van der Waals surface area contributed by atoms with Gasteiger partial charge in [-0.05, 0) is 72.6 Å². The molecule has 2 aliphatic rings. The maximum Gasteiger partial charge on any atom is 0.416 e. The third-order valence-corrected chi connectivity index (χ3v) is 7.11. The highest BCUT2D eigenvalue weighted by Gasteiger charge is 2.36. The number of aryl methyl sites for hydroxylation is 1. The van der Waals surface area contributed by atoms with Gasteiger partial charge in [0.25, 0.3) is 0 Å². The first-order valence-electron chi connectivity index (χ1n) is 11.5. The van der Waals surface area contributed by atoms with Crippen LogP contribution in [0.5, 0.6) is 5.75 Å². The zero-order valence-corrected chi connectivity index (χ0v) is 18.2. The number of halogens is 3. The largest absolute Gasteiger partial charge is 0.489 e. The van der Waals surface area contributed by atoms with Crippen molar-refractivity contribution in [2.75, 3.05) is 0 Å². The summed E-state index contributed by atoms with van der Waals surface area (Å²) in [5.74, 6) is -0.264. The molecule has 2 aromatic carbocycles. The van der Waals surface area contributed by atoms with Crippen LogP contribution in [0.25, 0.3) is 10.9 Å². The second kappa shape index (κ2) is 8.43. The van der Waals surface area contributed by atoms with E-state index < -0.39 is 17.7 Å².